The van der Waals surface area contributed by atoms with Gasteiger partial charge in [0.2, 0.25) is 5.91 Å². The van der Waals surface area contributed by atoms with E-state index in [1.807, 2.05) is 40.9 Å². The maximum Gasteiger partial charge on any atom is 0.275 e. The van der Waals surface area contributed by atoms with E-state index in [4.69, 9.17) is 11.6 Å². The second-order valence-corrected chi connectivity index (χ2v) is 6.14. The minimum absolute atomic E-state index is 0.0759. The van der Waals surface area contributed by atoms with E-state index >= 15 is 0 Å². The number of fused-ring (bicyclic) bond motifs is 3. The maximum atomic E-state index is 12.8. The number of benzene rings is 2. The standard InChI is InChI=1S/C19H14ClN3O2/c20-13-5-3-6-14(11-13)21-18(24)12-23-16-8-2-1-7-15(16)22-10-4-9-17(22)19(23)25/h1-11H,12H2,(H,21,24). The SMILES string of the molecule is O=C(Cn1c(=O)c2cccn2c2ccccc21)Nc1cccc(Cl)c1. The summed E-state index contributed by atoms with van der Waals surface area (Å²) in [5.41, 5.74) is 2.51. The van der Waals surface area contributed by atoms with Crippen LogP contribution in [-0.4, -0.2) is 14.9 Å². The highest BCUT2D eigenvalue weighted by Crippen LogP contribution is 2.17. The molecule has 0 aliphatic carbocycles. The zero-order chi connectivity index (χ0) is 17.4. The molecule has 0 radical (unpaired) electrons. The number of para-hydroxylation sites is 2. The smallest absolute Gasteiger partial charge is 0.275 e. The number of anilines is 1. The van der Waals surface area contributed by atoms with Crippen LogP contribution in [0, 0.1) is 0 Å². The van der Waals surface area contributed by atoms with E-state index in [2.05, 4.69) is 5.32 Å². The molecule has 0 spiro atoms. The summed E-state index contributed by atoms with van der Waals surface area (Å²) in [5, 5.41) is 3.31. The van der Waals surface area contributed by atoms with Crippen LogP contribution < -0.4 is 10.9 Å². The molecule has 4 aromatic rings. The van der Waals surface area contributed by atoms with Crippen LogP contribution in [0.4, 0.5) is 5.69 Å². The lowest BCUT2D eigenvalue weighted by Crippen LogP contribution is -2.29. The molecule has 0 aliphatic rings. The van der Waals surface area contributed by atoms with Gasteiger partial charge in [-0.1, -0.05) is 29.8 Å². The number of nitrogens with zero attached hydrogens (tertiary/aromatic N) is 2. The van der Waals surface area contributed by atoms with E-state index in [1.54, 1.807) is 30.3 Å². The summed E-state index contributed by atoms with van der Waals surface area (Å²) in [7, 11) is 0. The summed E-state index contributed by atoms with van der Waals surface area (Å²) in [6, 6.07) is 18.0. The predicted molar refractivity (Wildman–Crippen MR) is 99.2 cm³/mol. The Bertz CT molecular complexity index is 1160. The molecule has 0 unspecified atom stereocenters. The average Bonchev–Trinajstić information content (AvgIpc) is 3.09. The number of halogens is 1. The van der Waals surface area contributed by atoms with Crippen molar-refractivity contribution in [1.29, 1.82) is 0 Å². The van der Waals surface area contributed by atoms with Crippen molar-refractivity contribution in [2.45, 2.75) is 6.54 Å². The third-order valence-corrected chi connectivity index (χ3v) is 4.29. The minimum atomic E-state index is -0.287. The monoisotopic (exact) mass is 351 g/mol. The number of carbonyl (C=O) groups is 1. The summed E-state index contributed by atoms with van der Waals surface area (Å²) in [6.07, 6.45) is 1.84. The van der Waals surface area contributed by atoms with Crippen LogP contribution in [0.2, 0.25) is 5.02 Å². The van der Waals surface area contributed by atoms with Crippen LogP contribution in [-0.2, 0) is 11.3 Å². The fraction of sp³-hybridized carbons (Fsp3) is 0.0526. The van der Waals surface area contributed by atoms with E-state index in [-0.39, 0.29) is 18.0 Å². The third kappa shape index (κ3) is 2.79. The molecule has 5 nitrogen and oxygen atoms in total. The molecule has 6 heteroatoms. The van der Waals surface area contributed by atoms with E-state index < -0.39 is 0 Å². The molecule has 0 aliphatic heterocycles. The molecule has 4 rings (SSSR count). The van der Waals surface area contributed by atoms with Crippen molar-refractivity contribution in [1.82, 2.24) is 8.97 Å². The van der Waals surface area contributed by atoms with Crippen molar-refractivity contribution in [2.24, 2.45) is 0 Å². The first kappa shape index (κ1) is 15.5. The van der Waals surface area contributed by atoms with Gasteiger partial charge >= 0.3 is 0 Å². The number of amides is 1. The summed E-state index contributed by atoms with van der Waals surface area (Å²) >= 11 is 5.94. The van der Waals surface area contributed by atoms with Crippen molar-refractivity contribution in [3.05, 3.63) is 82.2 Å². The number of carbonyl (C=O) groups excluding carboxylic acids is 1. The Labute approximate surface area is 148 Å². The van der Waals surface area contributed by atoms with Gasteiger partial charge in [-0.15, -0.1) is 0 Å². The Kier molecular flexibility index (Phi) is 3.78. The average molecular weight is 352 g/mol. The number of hydrogen-bond acceptors (Lipinski definition) is 2. The molecule has 1 amide bonds. The van der Waals surface area contributed by atoms with Gasteiger partial charge in [0.05, 0.1) is 11.0 Å². The van der Waals surface area contributed by atoms with Gasteiger partial charge in [-0.05, 0) is 42.5 Å². The molecule has 0 saturated carbocycles. The van der Waals surface area contributed by atoms with Crippen LogP contribution in [0.5, 0.6) is 0 Å². The molecule has 2 aromatic heterocycles. The summed E-state index contributed by atoms with van der Waals surface area (Å²) in [6.45, 7) is -0.0759. The van der Waals surface area contributed by atoms with Gasteiger partial charge in [0.25, 0.3) is 5.56 Å². The molecule has 0 bridgehead atoms. The second kappa shape index (κ2) is 6.11. The number of nitrogens with one attached hydrogen (secondary N) is 1. The minimum Gasteiger partial charge on any atom is -0.324 e. The van der Waals surface area contributed by atoms with Gasteiger partial charge in [0.1, 0.15) is 12.1 Å². The summed E-state index contributed by atoms with van der Waals surface area (Å²) < 4.78 is 3.33. The van der Waals surface area contributed by atoms with Gasteiger partial charge in [0.15, 0.2) is 0 Å². The first-order valence-electron chi connectivity index (χ1n) is 7.77. The lowest BCUT2D eigenvalue weighted by Gasteiger charge is -2.12. The van der Waals surface area contributed by atoms with E-state index in [1.165, 1.54) is 4.57 Å². The van der Waals surface area contributed by atoms with Crippen LogP contribution in [0.15, 0.2) is 71.7 Å². The molecule has 2 heterocycles. The Morgan fingerprint density at radius 3 is 2.52 bits per heavy atom. The second-order valence-electron chi connectivity index (χ2n) is 5.70. The molecular formula is C19H14ClN3O2. The normalized spacial score (nSPS) is 11.1. The zero-order valence-corrected chi connectivity index (χ0v) is 13.9. The highest BCUT2D eigenvalue weighted by Gasteiger charge is 2.13. The first-order valence-corrected chi connectivity index (χ1v) is 8.15. The summed E-state index contributed by atoms with van der Waals surface area (Å²) in [5.74, 6) is -0.287. The van der Waals surface area contributed by atoms with Crippen molar-refractivity contribution in [2.75, 3.05) is 5.32 Å². The Hall–Kier alpha value is -3.05. The number of hydrogen-bond donors (Lipinski definition) is 1. The fourth-order valence-corrected chi connectivity index (χ4v) is 3.17. The molecule has 2 aromatic carbocycles. The van der Waals surface area contributed by atoms with E-state index in [0.29, 0.717) is 21.7 Å². The van der Waals surface area contributed by atoms with Crippen LogP contribution >= 0.6 is 11.6 Å². The molecule has 0 atom stereocenters. The van der Waals surface area contributed by atoms with E-state index in [0.717, 1.165) is 5.52 Å². The molecule has 124 valence electrons. The van der Waals surface area contributed by atoms with Crippen molar-refractivity contribution >= 4 is 39.7 Å². The third-order valence-electron chi connectivity index (χ3n) is 4.06. The molecule has 1 N–H and O–H groups in total. The molecule has 0 fully saturated rings. The lowest BCUT2D eigenvalue weighted by atomic mass is 10.2. The quantitative estimate of drug-likeness (QED) is 0.613. The van der Waals surface area contributed by atoms with Crippen molar-refractivity contribution in [3.63, 3.8) is 0 Å². The molecule has 0 saturated heterocycles. The fourth-order valence-electron chi connectivity index (χ4n) is 2.98. The zero-order valence-electron chi connectivity index (χ0n) is 13.1. The van der Waals surface area contributed by atoms with E-state index in [9.17, 15) is 9.59 Å². The molecule has 25 heavy (non-hydrogen) atoms. The highest BCUT2D eigenvalue weighted by molar-refractivity contribution is 6.30. The van der Waals surface area contributed by atoms with Crippen LogP contribution in [0.1, 0.15) is 0 Å². The number of rotatable bonds is 3. The van der Waals surface area contributed by atoms with Gasteiger partial charge in [0, 0.05) is 16.9 Å². The van der Waals surface area contributed by atoms with Crippen LogP contribution in [0.25, 0.3) is 16.6 Å². The Balaban J connectivity index is 1.76. The van der Waals surface area contributed by atoms with Crippen LogP contribution in [0.3, 0.4) is 0 Å². The van der Waals surface area contributed by atoms with Gasteiger partial charge in [-0.2, -0.15) is 0 Å². The maximum absolute atomic E-state index is 12.8. The topological polar surface area (TPSA) is 55.5 Å². The molecular weight excluding hydrogens is 338 g/mol. The first-order chi connectivity index (χ1) is 12.1. The predicted octanol–water partition coefficient (Wildman–Crippen LogP) is 3.55. The summed E-state index contributed by atoms with van der Waals surface area (Å²) in [4.78, 5) is 25.2. The van der Waals surface area contributed by atoms with Gasteiger partial charge < -0.3 is 9.72 Å². The van der Waals surface area contributed by atoms with Crippen molar-refractivity contribution < 1.29 is 4.79 Å². The Morgan fingerprint density at radius 2 is 1.72 bits per heavy atom. The van der Waals surface area contributed by atoms with Gasteiger partial charge in [-0.25, -0.2) is 0 Å². The van der Waals surface area contributed by atoms with Crippen molar-refractivity contribution in [3.8, 4) is 0 Å². The largest absolute Gasteiger partial charge is 0.324 e. The Morgan fingerprint density at radius 1 is 0.960 bits per heavy atom. The number of aromatic nitrogens is 2. The van der Waals surface area contributed by atoms with Gasteiger partial charge in [-0.3, -0.25) is 14.2 Å². The highest BCUT2D eigenvalue weighted by atomic mass is 35.5. The lowest BCUT2D eigenvalue weighted by molar-refractivity contribution is -0.116.